The number of hydrazine groups is 1. The smallest absolute Gasteiger partial charge is 0.123 e. The molecule has 0 radical (unpaired) electrons. The summed E-state index contributed by atoms with van der Waals surface area (Å²) >= 11 is 5.77. The minimum atomic E-state index is -0.284. The van der Waals surface area contributed by atoms with Crippen LogP contribution in [0, 0.1) is 5.82 Å². The van der Waals surface area contributed by atoms with Crippen LogP contribution < -0.4 is 10.9 Å². The Balaban J connectivity index is 2.28. The number of nitrogens with zero attached hydrogens (tertiary/aromatic N) is 1. The number of nitrogens with two attached hydrogens (primary N) is 1. The van der Waals surface area contributed by atoms with Crippen LogP contribution in [0.15, 0.2) is 48.5 Å². The molecule has 0 saturated heterocycles. The van der Waals surface area contributed by atoms with Gasteiger partial charge in [0.1, 0.15) is 5.82 Å². The van der Waals surface area contributed by atoms with E-state index < -0.39 is 0 Å². The maximum atomic E-state index is 12.7. The van der Waals surface area contributed by atoms with Gasteiger partial charge in [0.25, 0.3) is 0 Å². The summed E-state index contributed by atoms with van der Waals surface area (Å²) in [5, 5.41) is 2.12. The second kappa shape index (κ2) is 4.51. The molecule has 0 saturated carbocycles. The third kappa shape index (κ3) is 2.32. The van der Waals surface area contributed by atoms with Gasteiger partial charge in [-0.25, -0.2) is 10.2 Å². The van der Waals surface area contributed by atoms with E-state index in [4.69, 9.17) is 17.4 Å². The van der Waals surface area contributed by atoms with Crippen LogP contribution in [0.4, 0.5) is 15.8 Å². The van der Waals surface area contributed by atoms with E-state index in [-0.39, 0.29) is 5.82 Å². The molecule has 0 amide bonds. The Morgan fingerprint density at radius 1 is 0.875 bits per heavy atom. The molecule has 0 aliphatic rings. The minimum Gasteiger partial charge on any atom is -0.280 e. The highest BCUT2D eigenvalue weighted by molar-refractivity contribution is 6.30. The molecule has 0 aliphatic carbocycles. The van der Waals surface area contributed by atoms with Crippen LogP contribution in [0.3, 0.4) is 0 Å². The zero-order valence-electron chi connectivity index (χ0n) is 8.40. The van der Waals surface area contributed by atoms with Gasteiger partial charge in [-0.2, -0.15) is 0 Å². The molecule has 2 nitrogen and oxygen atoms in total. The molecular formula is C12H10ClFN2. The molecule has 0 fully saturated rings. The van der Waals surface area contributed by atoms with Crippen molar-refractivity contribution in [2.75, 3.05) is 5.01 Å². The van der Waals surface area contributed by atoms with Crippen molar-refractivity contribution in [1.29, 1.82) is 0 Å². The van der Waals surface area contributed by atoms with Gasteiger partial charge in [0.05, 0.1) is 11.4 Å². The first kappa shape index (κ1) is 10.9. The fourth-order valence-corrected chi connectivity index (χ4v) is 1.48. The zero-order valence-corrected chi connectivity index (χ0v) is 9.16. The molecule has 16 heavy (non-hydrogen) atoms. The summed E-state index contributed by atoms with van der Waals surface area (Å²) in [7, 11) is 0. The third-order valence-electron chi connectivity index (χ3n) is 2.21. The molecule has 2 rings (SSSR count). The Bertz CT molecular complexity index is 422. The van der Waals surface area contributed by atoms with Crippen molar-refractivity contribution in [2.45, 2.75) is 0 Å². The van der Waals surface area contributed by atoms with E-state index in [1.54, 1.807) is 36.4 Å². The molecule has 0 spiro atoms. The molecule has 0 atom stereocenters. The van der Waals surface area contributed by atoms with E-state index >= 15 is 0 Å². The van der Waals surface area contributed by atoms with Gasteiger partial charge >= 0.3 is 0 Å². The molecule has 2 aromatic carbocycles. The zero-order chi connectivity index (χ0) is 11.5. The lowest BCUT2D eigenvalue weighted by atomic mass is 10.2. The Kier molecular flexibility index (Phi) is 3.08. The van der Waals surface area contributed by atoms with Crippen LogP contribution in [0.5, 0.6) is 0 Å². The van der Waals surface area contributed by atoms with Crippen molar-refractivity contribution >= 4 is 23.0 Å². The van der Waals surface area contributed by atoms with Gasteiger partial charge in [0, 0.05) is 5.02 Å². The van der Waals surface area contributed by atoms with Gasteiger partial charge in [-0.05, 0) is 48.5 Å². The summed E-state index contributed by atoms with van der Waals surface area (Å²) in [6.07, 6.45) is 0. The Labute approximate surface area is 98.0 Å². The van der Waals surface area contributed by atoms with Crippen molar-refractivity contribution in [2.24, 2.45) is 5.84 Å². The summed E-state index contributed by atoms with van der Waals surface area (Å²) < 4.78 is 12.7. The normalized spacial score (nSPS) is 10.2. The maximum absolute atomic E-state index is 12.7. The Morgan fingerprint density at radius 3 is 1.81 bits per heavy atom. The molecular weight excluding hydrogens is 227 g/mol. The van der Waals surface area contributed by atoms with E-state index in [1.807, 2.05) is 0 Å². The van der Waals surface area contributed by atoms with Crippen molar-refractivity contribution < 1.29 is 4.39 Å². The third-order valence-corrected chi connectivity index (χ3v) is 2.46. The highest BCUT2D eigenvalue weighted by Gasteiger charge is 2.04. The predicted octanol–water partition coefficient (Wildman–Crippen LogP) is 3.49. The molecule has 2 aromatic rings. The van der Waals surface area contributed by atoms with Crippen LogP contribution in [-0.4, -0.2) is 0 Å². The number of rotatable bonds is 2. The summed E-state index contributed by atoms with van der Waals surface area (Å²) in [6, 6.07) is 13.1. The molecule has 0 bridgehead atoms. The molecule has 0 aromatic heterocycles. The lowest BCUT2D eigenvalue weighted by Gasteiger charge is -2.18. The van der Waals surface area contributed by atoms with Crippen molar-refractivity contribution in [3.8, 4) is 0 Å². The molecule has 2 N–H and O–H groups in total. The Morgan fingerprint density at radius 2 is 1.31 bits per heavy atom. The van der Waals surface area contributed by atoms with Gasteiger partial charge in [-0.3, -0.25) is 5.01 Å². The summed E-state index contributed by atoms with van der Waals surface area (Å²) in [5.74, 6) is 5.60. The molecule has 82 valence electrons. The maximum Gasteiger partial charge on any atom is 0.123 e. The molecule has 0 unspecified atom stereocenters. The highest BCUT2D eigenvalue weighted by atomic mass is 35.5. The summed E-state index contributed by atoms with van der Waals surface area (Å²) in [4.78, 5) is 0. The van der Waals surface area contributed by atoms with E-state index in [0.717, 1.165) is 5.69 Å². The van der Waals surface area contributed by atoms with Crippen LogP contribution in [0.25, 0.3) is 0 Å². The first-order valence-electron chi connectivity index (χ1n) is 4.73. The van der Waals surface area contributed by atoms with E-state index in [1.165, 1.54) is 17.1 Å². The van der Waals surface area contributed by atoms with Crippen LogP contribution in [0.2, 0.25) is 5.02 Å². The SMILES string of the molecule is NN(c1ccc(F)cc1)c1ccc(Cl)cc1. The number of hydrogen-bond donors (Lipinski definition) is 1. The molecule has 4 heteroatoms. The first-order chi connectivity index (χ1) is 7.66. The van der Waals surface area contributed by atoms with Crippen molar-refractivity contribution in [3.05, 3.63) is 59.4 Å². The quantitative estimate of drug-likeness (QED) is 0.639. The van der Waals surface area contributed by atoms with Gasteiger partial charge in [0.2, 0.25) is 0 Å². The van der Waals surface area contributed by atoms with E-state index in [2.05, 4.69) is 0 Å². The largest absolute Gasteiger partial charge is 0.280 e. The number of benzene rings is 2. The van der Waals surface area contributed by atoms with Crippen molar-refractivity contribution in [1.82, 2.24) is 0 Å². The van der Waals surface area contributed by atoms with E-state index in [9.17, 15) is 4.39 Å². The first-order valence-corrected chi connectivity index (χ1v) is 5.10. The number of anilines is 2. The lowest BCUT2D eigenvalue weighted by molar-refractivity contribution is 0.628. The number of halogens is 2. The van der Waals surface area contributed by atoms with Crippen molar-refractivity contribution in [3.63, 3.8) is 0 Å². The highest BCUT2D eigenvalue weighted by Crippen LogP contribution is 2.23. The van der Waals surface area contributed by atoms with Gasteiger partial charge in [0.15, 0.2) is 0 Å². The molecule has 0 aliphatic heterocycles. The van der Waals surface area contributed by atoms with Gasteiger partial charge < -0.3 is 0 Å². The minimum absolute atomic E-state index is 0.284. The van der Waals surface area contributed by atoms with E-state index in [0.29, 0.717) is 10.7 Å². The fraction of sp³-hybridized carbons (Fsp3) is 0. The molecule has 0 heterocycles. The second-order valence-electron chi connectivity index (χ2n) is 3.32. The lowest BCUT2D eigenvalue weighted by Crippen LogP contribution is -2.24. The fourth-order valence-electron chi connectivity index (χ4n) is 1.35. The predicted molar refractivity (Wildman–Crippen MR) is 64.2 cm³/mol. The number of hydrogen-bond acceptors (Lipinski definition) is 2. The van der Waals surface area contributed by atoms with Crippen LogP contribution in [-0.2, 0) is 0 Å². The summed E-state index contributed by atoms with van der Waals surface area (Å²) in [5.41, 5.74) is 1.50. The van der Waals surface area contributed by atoms with Gasteiger partial charge in [-0.15, -0.1) is 0 Å². The topological polar surface area (TPSA) is 29.3 Å². The monoisotopic (exact) mass is 236 g/mol. The Hall–Kier alpha value is -1.58. The second-order valence-corrected chi connectivity index (χ2v) is 3.76. The van der Waals surface area contributed by atoms with Crippen LogP contribution >= 0.6 is 11.6 Å². The standard InChI is InChI=1S/C12H10ClFN2/c13-9-1-5-11(6-2-9)16(15)12-7-3-10(14)4-8-12/h1-8H,15H2. The average Bonchev–Trinajstić information content (AvgIpc) is 2.30. The average molecular weight is 237 g/mol. The summed E-state index contributed by atoms with van der Waals surface area (Å²) in [6.45, 7) is 0. The van der Waals surface area contributed by atoms with Gasteiger partial charge in [-0.1, -0.05) is 11.6 Å². The van der Waals surface area contributed by atoms with Crippen LogP contribution in [0.1, 0.15) is 0 Å².